The molecule has 0 aliphatic rings. The molecule has 0 bridgehead atoms. The molecule has 0 saturated carbocycles. The van der Waals surface area contributed by atoms with Crippen LogP contribution in [-0.2, 0) is 12.1 Å². The second kappa shape index (κ2) is 12.6. The second-order valence-corrected chi connectivity index (χ2v) is 8.93. The fourth-order valence-corrected chi connectivity index (χ4v) is 4.12. The van der Waals surface area contributed by atoms with Gasteiger partial charge < -0.3 is 25.2 Å². The van der Waals surface area contributed by atoms with Gasteiger partial charge in [-0.2, -0.15) is 13.9 Å². The van der Waals surface area contributed by atoms with Crippen LogP contribution in [-0.4, -0.2) is 73.1 Å². The summed E-state index contributed by atoms with van der Waals surface area (Å²) in [5.41, 5.74) is -1.98. The molecule has 3 aromatic rings. The largest absolute Gasteiger partial charge is 0.487 e. The number of aliphatic hydroxyl groups is 2. The van der Waals surface area contributed by atoms with Gasteiger partial charge in [0.05, 0.1) is 19.2 Å². The Morgan fingerprint density at radius 3 is 2.44 bits per heavy atom. The molecule has 3 rings (SSSR count). The van der Waals surface area contributed by atoms with E-state index in [0.717, 1.165) is 12.1 Å². The van der Waals surface area contributed by atoms with E-state index in [1.807, 2.05) is 0 Å². The summed E-state index contributed by atoms with van der Waals surface area (Å²) in [6, 6.07) is 6.95. The van der Waals surface area contributed by atoms with Gasteiger partial charge in [0.25, 0.3) is 0 Å². The number of hydrogen-bond acceptors (Lipinski definition) is 6. The number of hydrogen-bond donors (Lipinski definition) is 3. The lowest BCUT2D eigenvalue weighted by Gasteiger charge is -2.42. The zero-order chi connectivity index (χ0) is 28.8. The van der Waals surface area contributed by atoms with Gasteiger partial charge in [-0.25, -0.2) is 27.2 Å². The van der Waals surface area contributed by atoms with Crippen molar-refractivity contribution in [2.75, 3.05) is 25.1 Å². The number of aromatic nitrogens is 3. The maximum absolute atomic E-state index is 14.9. The Morgan fingerprint density at radius 1 is 1.18 bits per heavy atom. The maximum Gasteiger partial charge on any atom is 0.340 e. The highest BCUT2D eigenvalue weighted by Gasteiger charge is 2.43. The van der Waals surface area contributed by atoms with Gasteiger partial charge in [0.15, 0.2) is 11.7 Å². The molecule has 0 unspecified atom stereocenters. The summed E-state index contributed by atoms with van der Waals surface area (Å²) in [7, 11) is 0. The van der Waals surface area contributed by atoms with E-state index in [2.05, 4.69) is 15.4 Å². The van der Waals surface area contributed by atoms with Crippen LogP contribution in [0, 0.1) is 11.6 Å². The normalized spacial score (nSPS) is 14.1. The average Bonchev–Trinajstić information content (AvgIpc) is 3.39. The number of aliphatic hydroxyl groups excluding tert-OH is 1. The predicted molar refractivity (Wildman–Crippen MR) is 133 cm³/mol. The monoisotopic (exact) mass is 577 g/mol. The number of thiocarbonyl (C=S) groups is 1. The van der Waals surface area contributed by atoms with E-state index >= 15 is 0 Å². The Hall–Kier alpha value is -3.43. The molecule has 15 heteroatoms. The van der Waals surface area contributed by atoms with Crippen LogP contribution in [0.3, 0.4) is 0 Å². The van der Waals surface area contributed by atoms with Crippen molar-refractivity contribution in [1.82, 2.24) is 19.7 Å². The van der Waals surface area contributed by atoms with Gasteiger partial charge in [-0.1, -0.05) is 6.07 Å². The molecule has 0 spiro atoms. The fraction of sp³-hybridized carbons (Fsp3) is 0.375. The van der Waals surface area contributed by atoms with Crippen LogP contribution in [0.15, 0.2) is 55.1 Å². The van der Waals surface area contributed by atoms with Crippen LogP contribution < -0.4 is 10.1 Å². The number of benzene rings is 2. The summed E-state index contributed by atoms with van der Waals surface area (Å²) >= 11 is 5.47. The van der Waals surface area contributed by atoms with Crippen molar-refractivity contribution in [3.8, 4) is 5.75 Å². The van der Waals surface area contributed by atoms with E-state index in [1.165, 1.54) is 53.4 Å². The van der Waals surface area contributed by atoms with E-state index < -0.39 is 48.8 Å². The van der Waals surface area contributed by atoms with Gasteiger partial charge in [0.1, 0.15) is 35.6 Å². The van der Waals surface area contributed by atoms with Gasteiger partial charge in [-0.15, -0.1) is 0 Å². The smallest absolute Gasteiger partial charge is 0.340 e. The quantitative estimate of drug-likeness (QED) is 0.221. The maximum atomic E-state index is 14.9. The molecule has 212 valence electrons. The van der Waals surface area contributed by atoms with Crippen LogP contribution >= 0.6 is 12.2 Å². The van der Waals surface area contributed by atoms with Gasteiger partial charge in [-0.05, 0) is 49.5 Å². The Morgan fingerprint density at radius 2 is 1.87 bits per heavy atom. The van der Waals surface area contributed by atoms with Crippen LogP contribution in [0.25, 0.3) is 0 Å². The first kappa shape index (κ1) is 30.1. The molecule has 0 aliphatic heterocycles. The lowest BCUT2D eigenvalue weighted by Crippen LogP contribution is -2.55. The topological polar surface area (TPSA) is 95.7 Å². The van der Waals surface area contributed by atoms with Gasteiger partial charge >= 0.3 is 12.3 Å². The third-order valence-corrected chi connectivity index (χ3v) is 6.22. The van der Waals surface area contributed by atoms with Gasteiger partial charge in [0, 0.05) is 23.9 Å². The van der Waals surface area contributed by atoms with Crippen LogP contribution in [0.5, 0.6) is 5.75 Å². The molecule has 1 aromatic heterocycles. The highest BCUT2D eigenvalue weighted by Crippen LogP contribution is 2.33. The standard InChI is InChI=1S/C24H25F6N5O3S/c1-15(23(37,11-34-14-31-13-32-34)19-7-2-16(25)10-20(19)26)35(8-9-36)22(39)33-17-3-5-18(6-4-17)38-12-24(29,30)21(27)28/h2-7,10,13-15,21,36-37H,8-9,11-12H2,1H3,(H,33,39)/t15-,23+/m1/s1. The number of nitrogens with one attached hydrogen (secondary N) is 1. The Balaban J connectivity index is 1.83. The van der Waals surface area contributed by atoms with Gasteiger partial charge in [-0.3, -0.25) is 0 Å². The van der Waals surface area contributed by atoms with E-state index in [-0.39, 0.29) is 29.5 Å². The number of anilines is 1. The first-order valence-corrected chi connectivity index (χ1v) is 11.9. The van der Waals surface area contributed by atoms with Crippen molar-refractivity contribution in [2.24, 2.45) is 0 Å². The molecule has 39 heavy (non-hydrogen) atoms. The fourth-order valence-electron chi connectivity index (χ4n) is 3.75. The second-order valence-electron chi connectivity index (χ2n) is 8.54. The Kier molecular flexibility index (Phi) is 9.74. The van der Waals surface area contributed by atoms with Crippen molar-refractivity contribution in [1.29, 1.82) is 0 Å². The summed E-state index contributed by atoms with van der Waals surface area (Å²) in [5.74, 6) is -6.27. The molecule has 2 aromatic carbocycles. The summed E-state index contributed by atoms with van der Waals surface area (Å²) in [4.78, 5) is 5.19. The molecule has 1 heterocycles. The summed E-state index contributed by atoms with van der Waals surface area (Å²) in [5, 5.41) is 28.3. The number of alkyl halides is 4. The number of halogens is 6. The zero-order valence-corrected chi connectivity index (χ0v) is 21.3. The SMILES string of the molecule is C[C@@H](N(CCO)C(=S)Nc1ccc(OCC(F)(F)C(F)F)cc1)[C@@](O)(Cn1cncn1)c1ccc(F)cc1F. The third-order valence-electron chi connectivity index (χ3n) is 5.88. The summed E-state index contributed by atoms with van der Waals surface area (Å²) < 4.78 is 85.4. The molecule has 0 amide bonds. The van der Waals surface area contributed by atoms with Crippen LogP contribution in [0.4, 0.5) is 32.0 Å². The lowest BCUT2D eigenvalue weighted by molar-refractivity contribution is -0.148. The van der Waals surface area contributed by atoms with Crippen molar-refractivity contribution >= 4 is 23.0 Å². The van der Waals surface area contributed by atoms with Crippen LogP contribution in [0.2, 0.25) is 0 Å². The van der Waals surface area contributed by atoms with E-state index in [9.17, 15) is 36.6 Å². The van der Waals surface area contributed by atoms with Crippen molar-refractivity contribution in [3.05, 3.63) is 72.3 Å². The molecule has 8 nitrogen and oxygen atoms in total. The number of ether oxygens (including phenoxy) is 1. The molecule has 0 radical (unpaired) electrons. The van der Waals surface area contributed by atoms with Crippen molar-refractivity contribution in [2.45, 2.75) is 37.5 Å². The highest BCUT2D eigenvalue weighted by molar-refractivity contribution is 7.80. The van der Waals surface area contributed by atoms with Crippen LogP contribution in [0.1, 0.15) is 12.5 Å². The lowest BCUT2D eigenvalue weighted by atomic mass is 9.85. The first-order chi connectivity index (χ1) is 18.4. The van der Waals surface area contributed by atoms with Crippen molar-refractivity contribution in [3.63, 3.8) is 0 Å². The Bertz CT molecular complexity index is 1240. The Labute approximate surface area is 224 Å². The molecular weight excluding hydrogens is 552 g/mol. The minimum absolute atomic E-state index is 0.0195. The molecule has 3 N–H and O–H groups in total. The number of rotatable bonds is 12. The highest BCUT2D eigenvalue weighted by atomic mass is 32.1. The van der Waals surface area contributed by atoms with E-state index in [0.29, 0.717) is 11.8 Å². The zero-order valence-electron chi connectivity index (χ0n) is 20.4. The molecule has 0 saturated heterocycles. The minimum atomic E-state index is -4.31. The number of nitrogens with zero attached hydrogens (tertiary/aromatic N) is 4. The average molecular weight is 578 g/mol. The van der Waals surface area contributed by atoms with Gasteiger partial charge in [0.2, 0.25) is 0 Å². The molecule has 0 fully saturated rings. The predicted octanol–water partition coefficient (Wildman–Crippen LogP) is 3.80. The molecule has 0 aliphatic carbocycles. The third kappa shape index (κ3) is 7.36. The van der Waals surface area contributed by atoms with E-state index in [1.54, 1.807) is 0 Å². The summed E-state index contributed by atoms with van der Waals surface area (Å²) in [6.45, 7) is -0.829. The van der Waals surface area contributed by atoms with Crippen molar-refractivity contribution < 1.29 is 41.3 Å². The summed E-state index contributed by atoms with van der Waals surface area (Å²) in [6.07, 6.45) is -1.36. The molecular formula is C24H25F6N5O3S. The van der Waals surface area contributed by atoms with E-state index in [4.69, 9.17) is 17.0 Å². The molecule has 2 atom stereocenters. The minimum Gasteiger partial charge on any atom is -0.487 e. The first-order valence-electron chi connectivity index (χ1n) is 11.4.